The average Bonchev–Trinajstić information content (AvgIpc) is 2.01. The molecular formula is C11H14ClNO. The zero-order valence-electron chi connectivity index (χ0n) is 8.60. The Balaban J connectivity index is 3.44. The molecule has 0 aliphatic rings. The molecular weight excluding hydrogens is 198 g/mol. The van der Waals surface area contributed by atoms with Crippen molar-refractivity contribution in [2.45, 2.75) is 26.7 Å². The molecule has 0 spiro atoms. The van der Waals surface area contributed by atoms with Crippen molar-refractivity contribution in [1.29, 1.82) is 0 Å². The second-order valence-corrected chi connectivity index (χ2v) is 4.14. The summed E-state index contributed by atoms with van der Waals surface area (Å²) in [6.45, 7) is 5.87. The van der Waals surface area contributed by atoms with Crippen LogP contribution in [-0.4, -0.2) is 5.91 Å². The molecule has 14 heavy (non-hydrogen) atoms. The third kappa shape index (κ3) is 2.07. The number of aryl methyl sites for hydroxylation is 1. The molecule has 0 saturated heterocycles. The van der Waals surface area contributed by atoms with Crippen molar-refractivity contribution in [3.8, 4) is 0 Å². The summed E-state index contributed by atoms with van der Waals surface area (Å²) in [5.74, 6) is -0.141. The van der Waals surface area contributed by atoms with Gasteiger partial charge in [0.1, 0.15) is 0 Å². The first-order chi connectivity index (χ1) is 6.43. The number of primary amides is 1. The first kappa shape index (κ1) is 11.1. The Labute approximate surface area is 89.1 Å². The standard InChI is InChI=1S/C11H14ClNO/c1-6(2)9-5-8(12)4-7(3)10(9)11(13)14/h4-6H,1-3H3,(H2,13,14). The summed E-state index contributed by atoms with van der Waals surface area (Å²) in [5, 5.41) is 0.649. The molecule has 0 radical (unpaired) electrons. The van der Waals surface area contributed by atoms with Gasteiger partial charge in [-0.3, -0.25) is 4.79 Å². The fourth-order valence-electron chi connectivity index (χ4n) is 1.56. The van der Waals surface area contributed by atoms with Crippen LogP contribution in [0.2, 0.25) is 5.02 Å². The Morgan fingerprint density at radius 2 is 2.00 bits per heavy atom. The summed E-state index contributed by atoms with van der Waals surface area (Å²) in [4.78, 5) is 11.2. The highest BCUT2D eigenvalue weighted by atomic mass is 35.5. The summed E-state index contributed by atoms with van der Waals surface area (Å²) >= 11 is 5.92. The van der Waals surface area contributed by atoms with Crippen molar-refractivity contribution in [1.82, 2.24) is 0 Å². The molecule has 0 fully saturated rings. The van der Waals surface area contributed by atoms with Crippen LogP contribution in [0.1, 0.15) is 41.3 Å². The fraction of sp³-hybridized carbons (Fsp3) is 0.364. The largest absolute Gasteiger partial charge is 0.366 e. The number of benzene rings is 1. The number of carbonyl (C=O) groups excluding carboxylic acids is 1. The van der Waals surface area contributed by atoms with E-state index in [1.807, 2.05) is 20.8 Å². The molecule has 0 aliphatic heterocycles. The zero-order valence-corrected chi connectivity index (χ0v) is 9.35. The number of hydrogen-bond donors (Lipinski definition) is 1. The predicted molar refractivity (Wildman–Crippen MR) is 58.8 cm³/mol. The van der Waals surface area contributed by atoms with Crippen LogP contribution in [0, 0.1) is 6.92 Å². The third-order valence-corrected chi connectivity index (χ3v) is 2.42. The van der Waals surface area contributed by atoms with Crippen molar-refractivity contribution in [2.75, 3.05) is 0 Å². The molecule has 1 rings (SSSR count). The Kier molecular flexibility index (Phi) is 3.17. The van der Waals surface area contributed by atoms with E-state index in [1.54, 1.807) is 12.1 Å². The van der Waals surface area contributed by atoms with E-state index in [0.29, 0.717) is 10.6 Å². The van der Waals surface area contributed by atoms with Gasteiger partial charge in [0.05, 0.1) is 0 Å². The predicted octanol–water partition coefficient (Wildman–Crippen LogP) is 2.87. The van der Waals surface area contributed by atoms with E-state index in [1.165, 1.54) is 0 Å². The minimum atomic E-state index is -0.386. The maximum Gasteiger partial charge on any atom is 0.249 e. The molecule has 0 saturated carbocycles. The van der Waals surface area contributed by atoms with Gasteiger partial charge in [-0.2, -0.15) is 0 Å². The van der Waals surface area contributed by atoms with Crippen molar-refractivity contribution in [2.24, 2.45) is 5.73 Å². The lowest BCUT2D eigenvalue weighted by Gasteiger charge is -2.13. The summed E-state index contributed by atoms with van der Waals surface area (Å²) in [5.41, 5.74) is 7.68. The molecule has 0 heterocycles. The minimum Gasteiger partial charge on any atom is -0.366 e. The number of halogens is 1. The van der Waals surface area contributed by atoms with E-state index >= 15 is 0 Å². The van der Waals surface area contributed by atoms with Crippen LogP contribution in [0.5, 0.6) is 0 Å². The van der Waals surface area contributed by atoms with Crippen LogP contribution >= 0.6 is 11.6 Å². The lowest BCUT2D eigenvalue weighted by Crippen LogP contribution is -2.16. The van der Waals surface area contributed by atoms with Gasteiger partial charge in [0.15, 0.2) is 0 Å². The van der Waals surface area contributed by atoms with Crippen LogP contribution < -0.4 is 5.73 Å². The summed E-state index contributed by atoms with van der Waals surface area (Å²) in [7, 11) is 0. The van der Waals surface area contributed by atoms with E-state index < -0.39 is 0 Å². The Bertz CT molecular complexity index is 372. The second-order valence-electron chi connectivity index (χ2n) is 3.71. The molecule has 0 unspecified atom stereocenters. The topological polar surface area (TPSA) is 43.1 Å². The molecule has 0 bridgehead atoms. The van der Waals surface area contributed by atoms with Gasteiger partial charge in [0.2, 0.25) is 5.91 Å². The van der Waals surface area contributed by atoms with Crippen LogP contribution in [0.15, 0.2) is 12.1 Å². The Morgan fingerprint density at radius 1 is 1.43 bits per heavy atom. The van der Waals surface area contributed by atoms with Crippen molar-refractivity contribution in [3.05, 3.63) is 33.8 Å². The normalized spacial score (nSPS) is 10.6. The molecule has 1 aromatic rings. The van der Waals surface area contributed by atoms with Crippen LogP contribution in [0.25, 0.3) is 0 Å². The lowest BCUT2D eigenvalue weighted by atomic mass is 9.93. The molecule has 0 aliphatic carbocycles. The molecule has 1 amide bonds. The van der Waals surface area contributed by atoms with E-state index in [4.69, 9.17) is 17.3 Å². The van der Waals surface area contributed by atoms with E-state index in [2.05, 4.69) is 0 Å². The highest BCUT2D eigenvalue weighted by molar-refractivity contribution is 6.30. The monoisotopic (exact) mass is 211 g/mol. The van der Waals surface area contributed by atoms with Gasteiger partial charge in [-0.25, -0.2) is 0 Å². The maximum absolute atomic E-state index is 11.2. The van der Waals surface area contributed by atoms with Gasteiger partial charge < -0.3 is 5.73 Å². The molecule has 76 valence electrons. The molecule has 0 aromatic heterocycles. The fourth-order valence-corrected chi connectivity index (χ4v) is 1.84. The lowest BCUT2D eigenvalue weighted by molar-refractivity contribution is 0.0998. The minimum absolute atomic E-state index is 0.245. The van der Waals surface area contributed by atoms with Crippen LogP contribution in [-0.2, 0) is 0 Å². The number of hydrogen-bond acceptors (Lipinski definition) is 1. The highest BCUT2D eigenvalue weighted by Gasteiger charge is 2.14. The van der Waals surface area contributed by atoms with Crippen LogP contribution in [0.3, 0.4) is 0 Å². The Morgan fingerprint density at radius 3 is 2.43 bits per heavy atom. The van der Waals surface area contributed by atoms with Gasteiger partial charge in [0, 0.05) is 10.6 Å². The van der Waals surface area contributed by atoms with Crippen LogP contribution in [0.4, 0.5) is 0 Å². The quantitative estimate of drug-likeness (QED) is 0.803. The van der Waals surface area contributed by atoms with Crippen molar-refractivity contribution in [3.63, 3.8) is 0 Å². The van der Waals surface area contributed by atoms with E-state index in [9.17, 15) is 4.79 Å². The number of carbonyl (C=O) groups is 1. The van der Waals surface area contributed by atoms with E-state index in [-0.39, 0.29) is 11.8 Å². The number of amides is 1. The molecule has 2 N–H and O–H groups in total. The summed E-state index contributed by atoms with van der Waals surface area (Å²) < 4.78 is 0. The number of rotatable bonds is 2. The van der Waals surface area contributed by atoms with Gasteiger partial charge in [-0.1, -0.05) is 25.4 Å². The third-order valence-electron chi connectivity index (χ3n) is 2.20. The van der Waals surface area contributed by atoms with Gasteiger partial charge in [-0.15, -0.1) is 0 Å². The van der Waals surface area contributed by atoms with Gasteiger partial charge in [-0.05, 0) is 36.1 Å². The first-order valence-electron chi connectivity index (χ1n) is 4.53. The molecule has 1 aromatic carbocycles. The second kappa shape index (κ2) is 4.01. The first-order valence-corrected chi connectivity index (χ1v) is 4.91. The summed E-state index contributed by atoms with van der Waals surface area (Å²) in [6.07, 6.45) is 0. The molecule has 0 atom stereocenters. The SMILES string of the molecule is Cc1cc(Cl)cc(C(C)C)c1C(N)=O. The van der Waals surface area contributed by atoms with Gasteiger partial charge in [0.25, 0.3) is 0 Å². The summed E-state index contributed by atoms with van der Waals surface area (Å²) in [6, 6.07) is 3.56. The molecule has 3 heteroatoms. The zero-order chi connectivity index (χ0) is 10.9. The molecule has 2 nitrogen and oxygen atoms in total. The number of nitrogens with two attached hydrogens (primary N) is 1. The maximum atomic E-state index is 11.2. The van der Waals surface area contributed by atoms with Crippen molar-refractivity contribution >= 4 is 17.5 Å². The van der Waals surface area contributed by atoms with E-state index in [0.717, 1.165) is 11.1 Å². The smallest absolute Gasteiger partial charge is 0.249 e. The highest BCUT2D eigenvalue weighted by Crippen LogP contribution is 2.26. The van der Waals surface area contributed by atoms with Gasteiger partial charge >= 0.3 is 0 Å². The average molecular weight is 212 g/mol. The Hall–Kier alpha value is -1.02. The van der Waals surface area contributed by atoms with Crippen molar-refractivity contribution < 1.29 is 4.79 Å².